The lowest BCUT2D eigenvalue weighted by atomic mass is 9.96. The lowest BCUT2D eigenvalue weighted by molar-refractivity contribution is -0.919. The minimum atomic E-state index is -0.209. The highest BCUT2D eigenvalue weighted by Gasteiger charge is 2.33. The van der Waals surface area contributed by atoms with E-state index in [1.807, 2.05) is 13.8 Å². The summed E-state index contributed by atoms with van der Waals surface area (Å²) in [6.07, 6.45) is 1.49. The van der Waals surface area contributed by atoms with Gasteiger partial charge in [0.15, 0.2) is 6.04 Å². The highest BCUT2D eigenvalue weighted by Crippen LogP contribution is 2.13. The number of hydrogen-bond acceptors (Lipinski definition) is 4. The van der Waals surface area contributed by atoms with Crippen molar-refractivity contribution < 1.29 is 19.2 Å². The van der Waals surface area contributed by atoms with Crippen LogP contribution in [0.4, 0.5) is 5.69 Å². The molecule has 0 aromatic heterocycles. The standard InChI is InChI=1S/C18H23N3O3/c1-3-24-18(23)15-7-9-21(10-8-15)13(2)17(22)20-16-6-4-5-14(11-16)12-19/h4-6,11,13,15H,3,7-10H2,1-2H3,(H,20,22)/p+1/t13-/m0/s1. The first-order valence-corrected chi connectivity index (χ1v) is 8.37. The number of ether oxygens (including phenoxy) is 1. The fraction of sp³-hybridized carbons (Fsp3) is 0.500. The smallest absolute Gasteiger partial charge is 0.309 e. The van der Waals surface area contributed by atoms with Crippen LogP contribution in [0.2, 0.25) is 0 Å². The summed E-state index contributed by atoms with van der Waals surface area (Å²) < 4.78 is 5.07. The van der Waals surface area contributed by atoms with Gasteiger partial charge in [0.1, 0.15) is 0 Å². The maximum absolute atomic E-state index is 12.4. The second-order valence-electron chi connectivity index (χ2n) is 6.09. The predicted octanol–water partition coefficient (Wildman–Crippen LogP) is 0.743. The lowest BCUT2D eigenvalue weighted by Crippen LogP contribution is -3.17. The molecular weight excluding hydrogens is 306 g/mol. The van der Waals surface area contributed by atoms with Gasteiger partial charge < -0.3 is 15.0 Å². The zero-order valence-corrected chi connectivity index (χ0v) is 14.2. The number of hydrogen-bond donors (Lipinski definition) is 2. The summed E-state index contributed by atoms with van der Waals surface area (Å²) in [6, 6.07) is 8.73. The largest absolute Gasteiger partial charge is 0.466 e. The third kappa shape index (κ3) is 4.56. The molecule has 0 unspecified atom stereocenters. The van der Waals surface area contributed by atoms with Crippen molar-refractivity contribution in [2.24, 2.45) is 5.92 Å². The highest BCUT2D eigenvalue weighted by molar-refractivity contribution is 5.93. The van der Waals surface area contributed by atoms with Gasteiger partial charge in [-0.05, 0) is 32.0 Å². The van der Waals surface area contributed by atoms with E-state index >= 15 is 0 Å². The minimum absolute atomic E-state index is 0.0451. The summed E-state index contributed by atoms with van der Waals surface area (Å²) in [5, 5.41) is 11.8. The Morgan fingerprint density at radius 1 is 1.42 bits per heavy atom. The van der Waals surface area contributed by atoms with E-state index in [9.17, 15) is 9.59 Å². The van der Waals surface area contributed by atoms with E-state index in [2.05, 4.69) is 11.4 Å². The van der Waals surface area contributed by atoms with Crippen LogP contribution in [0.15, 0.2) is 24.3 Å². The summed E-state index contributed by atoms with van der Waals surface area (Å²) in [6.45, 7) is 5.66. The molecule has 6 heteroatoms. The van der Waals surface area contributed by atoms with Crippen molar-refractivity contribution >= 4 is 17.6 Å². The summed E-state index contributed by atoms with van der Waals surface area (Å²) in [5.74, 6) is -0.243. The molecule has 1 aliphatic heterocycles. The van der Waals surface area contributed by atoms with Gasteiger partial charge in [-0.2, -0.15) is 5.26 Å². The van der Waals surface area contributed by atoms with Crippen molar-refractivity contribution in [2.45, 2.75) is 32.7 Å². The lowest BCUT2D eigenvalue weighted by Gasteiger charge is -2.31. The van der Waals surface area contributed by atoms with Crippen LogP contribution >= 0.6 is 0 Å². The quantitative estimate of drug-likeness (QED) is 0.780. The van der Waals surface area contributed by atoms with Crippen LogP contribution < -0.4 is 10.2 Å². The number of quaternary nitrogens is 1. The summed E-state index contributed by atoms with van der Waals surface area (Å²) in [7, 11) is 0. The number of rotatable bonds is 5. The molecule has 1 heterocycles. The number of benzene rings is 1. The highest BCUT2D eigenvalue weighted by atomic mass is 16.5. The number of piperidine rings is 1. The number of likely N-dealkylation sites (tertiary alicyclic amines) is 1. The molecule has 1 atom stereocenters. The van der Waals surface area contributed by atoms with Crippen molar-refractivity contribution in [2.75, 3.05) is 25.0 Å². The minimum Gasteiger partial charge on any atom is -0.466 e. The second-order valence-corrected chi connectivity index (χ2v) is 6.09. The number of carbonyl (C=O) groups excluding carboxylic acids is 2. The average molecular weight is 330 g/mol. The Kier molecular flexibility index (Phi) is 6.33. The van der Waals surface area contributed by atoms with Crippen LogP contribution in [0.5, 0.6) is 0 Å². The summed E-state index contributed by atoms with van der Waals surface area (Å²) in [4.78, 5) is 25.4. The fourth-order valence-corrected chi connectivity index (χ4v) is 3.02. The topological polar surface area (TPSA) is 83.6 Å². The molecule has 1 aromatic rings. The van der Waals surface area contributed by atoms with E-state index < -0.39 is 0 Å². The Morgan fingerprint density at radius 3 is 2.75 bits per heavy atom. The first-order valence-electron chi connectivity index (χ1n) is 8.37. The van der Waals surface area contributed by atoms with Gasteiger partial charge in [-0.25, -0.2) is 0 Å². The molecule has 2 rings (SSSR count). The zero-order chi connectivity index (χ0) is 17.5. The third-order valence-electron chi connectivity index (χ3n) is 4.51. The number of nitrogens with zero attached hydrogens (tertiary/aromatic N) is 1. The first-order chi connectivity index (χ1) is 11.5. The van der Waals surface area contributed by atoms with Crippen molar-refractivity contribution in [3.8, 4) is 6.07 Å². The molecule has 0 radical (unpaired) electrons. The summed E-state index contributed by atoms with van der Waals surface area (Å²) >= 11 is 0. The first kappa shape index (κ1) is 18.0. The van der Waals surface area contributed by atoms with Gasteiger partial charge >= 0.3 is 5.97 Å². The molecule has 0 aliphatic carbocycles. The van der Waals surface area contributed by atoms with Gasteiger partial charge in [-0.1, -0.05) is 6.07 Å². The molecule has 128 valence electrons. The predicted molar refractivity (Wildman–Crippen MR) is 89.3 cm³/mol. The van der Waals surface area contributed by atoms with Crippen LogP contribution in [-0.4, -0.2) is 37.6 Å². The van der Waals surface area contributed by atoms with Gasteiger partial charge in [0.2, 0.25) is 0 Å². The Hall–Kier alpha value is -2.39. The van der Waals surface area contributed by atoms with Gasteiger partial charge in [0.25, 0.3) is 5.91 Å². The van der Waals surface area contributed by atoms with Crippen LogP contribution in [0.3, 0.4) is 0 Å². The zero-order valence-electron chi connectivity index (χ0n) is 14.2. The van der Waals surface area contributed by atoms with E-state index in [1.54, 1.807) is 24.3 Å². The molecule has 6 nitrogen and oxygen atoms in total. The maximum atomic E-state index is 12.4. The molecule has 24 heavy (non-hydrogen) atoms. The van der Waals surface area contributed by atoms with Crippen molar-refractivity contribution in [1.29, 1.82) is 5.26 Å². The van der Waals surface area contributed by atoms with E-state index in [4.69, 9.17) is 10.00 Å². The number of nitrogens with one attached hydrogen (secondary N) is 2. The Labute approximate surface area is 142 Å². The molecular formula is C18H24N3O3+. The van der Waals surface area contributed by atoms with Crippen LogP contribution in [0, 0.1) is 17.2 Å². The second kappa shape index (κ2) is 8.46. The Bertz CT molecular complexity index is 631. The number of amides is 1. The van der Waals surface area contributed by atoms with Crippen LogP contribution in [0.25, 0.3) is 0 Å². The van der Waals surface area contributed by atoms with E-state index in [1.165, 1.54) is 4.90 Å². The SMILES string of the molecule is CCOC(=O)C1CC[NH+]([C@@H](C)C(=O)Nc2cccc(C#N)c2)CC1. The molecule has 0 saturated carbocycles. The molecule has 1 aliphatic rings. The molecule has 2 N–H and O–H groups in total. The normalized spacial score (nSPS) is 21.4. The molecule has 0 spiro atoms. The van der Waals surface area contributed by atoms with E-state index in [-0.39, 0.29) is 23.8 Å². The fourth-order valence-electron chi connectivity index (χ4n) is 3.02. The number of anilines is 1. The van der Waals surface area contributed by atoms with Gasteiger partial charge in [0, 0.05) is 18.5 Å². The van der Waals surface area contributed by atoms with Crippen molar-refractivity contribution in [3.05, 3.63) is 29.8 Å². The number of esters is 1. The van der Waals surface area contributed by atoms with E-state index in [0.29, 0.717) is 17.9 Å². The van der Waals surface area contributed by atoms with Crippen molar-refractivity contribution in [3.63, 3.8) is 0 Å². The molecule has 0 bridgehead atoms. The average Bonchev–Trinajstić information content (AvgIpc) is 2.61. The van der Waals surface area contributed by atoms with E-state index in [0.717, 1.165) is 25.9 Å². The maximum Gasteiger partial charge on any atom is 0.309 e. The van der Waals surface area contributed by atoms with Crippen LogP contribution in [-0.2, 0) is 14.3 Å². The molecule has 1 saturated heterocycles. The Balaban J connectivity index is 1.88. The summed E-state index contributed by atoms with van der Waals surface area (Å²) in [5.41, 5.74) is 1.15. The van der Waals surface area contributed by atoms with Gasteiger partial charge in [0.05, 0.1) is 37.2 Å². The molecule has 1 aromatic carbocycles. The number of nitriles is 1. The van der Waals surface area contributed by atoms with Crippen molar-refractivity contribution in [1.82, 2.24) is 0 Å². The van der Waals surface area contributed by atoms with Gasteiger partial charge in [-0.3, -0.25) is 9.59 Å². The molecule has 1 fully saturated rings. The Morgan fingerprint density at radius 2 is 2.12 bits per heavy atom. The third-order valence-corrected chi connectivity index (χ3v) is 4.51. The monoisotopic (exact) mass is 330 g/mol. The van der Waals surface area contributed by atoms with Gasteiger partial charge in [-0.15, -0.1) is 0 Å². The molecule has 1 amide bonds. The van der Waals surface area contributed by atoms with Crippen LogP contribution in [0.1, 0.15) is 32.3 Å². The number of carbonyl (C=O) groups is 2.